The Bertz CT molecular complexity index is 534. The van der Waals surface area contributed by atoms with Crippen LogP contribution in [0, 0.1) is 0 Å². The molecule has 0 saturated carbocycles. The van der Waals surface area contributed by atoms with Crippen molar-refractivity contribution in [1.29, 1.82) is 0 Å². The second-order valence-electron chi connectivity index (χ2n) is 3.85. The van der Waals surface area contributed by atoms with Crippen LogP contribution in [0.2, 0.25) is 5.02 Å². The fraction of sp³-hybridized carbons (Fsp3) is 0.0714. The highest BCUT2D eigenvalue weighted by atomic mass is 35.5. The minimum atomic E-state index is 0.0623. The van der Waals surface area contributed by atoms with Crippen LogP contribution in [-0.2, 0) is 6.42 Å². The first kappa shape index (κ1) is 11.7. The zero-order chi connectivity index (χ0) is 12.3. The van der Waals surface area contributed by atoms with Crippen LogP contribution in [0.3, 0.4) is 0 Å². The van der Waals surface area contributed by atoms with E-state index in [1.165, 1.54) is 0 Å². The summed E-state index contributed by atoms with van der Waals surface area (Å²) in [5.74, 6) is 0.0623. The molecule has 0 radical (unpaired) electrons. The maximum absolute atomic E-state index is 12.0. The van der Waals surface area contributed by atoms with Crippen molar-refractivity contribution in [2.24, 2.45) is 0 Å². The van der Waals surface area contributed by atoms with Crippen molar-refractivity contribution in [3.8, 4) is 0 Å². The van der Waals surface area contributed by atoms with Crippen molar-refractivity contribution >= 4 is 23.1 Å². The summed E-state index contributed by atoms with van der Waals surface area (Å²) < 4.78 is 0. The Morgan fingerprint density at radius 3 is 2.47 bits per heavy atom. The Balaban J connectivity index is 2.14. The lowest BCUT2D eigenvalue weighted by molar-refractivity contribution is 0.0993. The molecule has 0 aliphatic carbocycles. The highest BCUT2D eigenvalue weighted by molar-refractivity contribution is 6.30. The summed E-state index contributed by atoms with van der Waals surface area (Å²) in [5.41, 5.74) is 7.81. The highest BCUT2D eigenvalue weighted by Crippen LogP contribution is 2.14. The first-order chi connectivity index (χ1) is 8.15. The summed E-state index contributed by atoms with van der Waals surface area (Å²) in [6, 6.07) is 14.3. The molecule has 17 heavy (non-hydrogen) atoms. The molecule has 0 unspecified atom stereocenters. The second-order valence-corrected chi connectivity index (χ2v) is 4.29. The average Bonchev–Trinajstić information content (AvgIpc) is 2.29. The van der Waals surface area contributed by atoms with E-state index in [-0.39, 0.29) is 5.78 Å². The molecule has 0 saturated heterocycles. The van der Waals surface area contributed by atoms with Crippen molar-refractivity contribution in [3.05, 3.63) is 64.7 Å². The Morgan fingerprint density at radius 2 is 1.82 bits per heavy atom. The predicted octanol–water partition coefficient (Wildman–Crippen LogP) is 3.35. The van der Waals surface area contributed by atoms with Crippen LogP contribution < -0.4 is 5.73 Å². The molecule has 0 heterocycles. The molecule has 0 spiro atoms. The van der Waals surface area contributed by atoms with E-state index >= 15 is 0 Å². The maximum Gasteiger partial charge on any atom is 0.167 e. The number of hydrogen-bond acceptors (Lipinski definition) is 2. The van der Waals surface area contributed by atoms with Crippen LogP contribution in [0.1, 0.15) is 15.9 Å². The summed E-state index contributed by atoms with van der Waals surface area (Å²) in [7, 11) is 0. The van der Waals surface area contributed by atoms with E-state index < -0.39 is 0 Å². The quantitative estimate of drug-likeness (QED) is 0.666. The van der Waals surface area contributed by atoms with E-state index in [2.05, 4.69) is 0 Å². The standard InChI is InChI=1S/C14H12ClNO/c15-12-3-1-2-10(8-12)9-14(17)11-4-6-13(16)7-5-11/h1-8H,9,16H2. The molecule has 0 aromatic heterocycles. The molecule has 0 aliphatic heterocycles. The molecule has 86 valence electrons. The lowest BCUT2D eigenvalue weighted by Gasteiger charge is -2.02. The van der Waals surface area contributed by atoms with Crippen LogP contribution in [-0.4, -0.2) is 5.78 Å². The lowest BCUT2D eigenvalue weighted by atomic mass is 10.0. The third-order valence-electron chi connectivity index (χ3n) is 2.49. The van der Waals surface area contributed by atoms with Gasteiger partial charge in [-0.2, -0.15) is 0 Å². The van der Waals surface area contributed by atoms with Gasteiger partial charge in [0.05, 0.1) is 0 Å². The monoisotopic (exact) mass is 245 g/mol. The van der Waals surface area contributed by atoms with Crippen LogP contribution in [0.5, 0.6) is 0 Å². The van der Waals surface area contributed by atoms with Gasteiger partial charge in [0, 0.05) is 22.7 Å². The number of nitrogens with two attached hydrogens (primary N) is 1. The first-order valence-electron chi connectivity index (χ1n) is 5.28. The van der Waals surface area contributed by atoms with Gasteiger partial charge in [-0.15, -0.1) is 0 Å². The molecule has 0 aliphatic rings. The molecule has 0 amide bonds. The molecule has 2 N–H and O–H groups in total. The number of halogens is 1. The van der Waals surface area contributed by atoms with Gasteiger partial charge in [-0.25, -0.2) is 0 Å². The summed E-state index contributed by atoms with van der Waals surface area (Å²) in [6.45, 7) is 0. The van der Waals surface area contributed by atoms with E-state index in [0.29, 0.717) is 22.7 Å². The number of Topliss-reactive ketones (excluding diaryl/α,β-unsaturated/α-hetero) is 1. The molecule has 0 bridgehead atoms. The molecular weight excluding hydrogens is 234 g/mol. The fourth-order valence-corrected chi connectivity index (χ4v) is 1.82. The maximum atomic E-state index is 12.0. The number of ketones is 1. The van der Waals surface area contributed by atoms with Gasteiger partial charge in [-0.1, -0.05) is 23.7 Å². The minimum Gasteiger partial charge on any atom is -0.399 e. The minimum absolute atomic E-state index is 0.0623. The van der Waals surface area contributed by atoms with Gasteiger partial charge in [0.25, 0.3) is 0 Å². The topological polar surface area (TPSA) is 43.1 Å². The fourth-order valence-electron chi connectivity index (χ4n) is 1.60. The van der Waals surface area contributed by atoms with E-state index in [4.69, 9.17) is 17.3 Å². The Morgan fingerprint density at radius 1 is 1.12 bits per heavy atom. The van der Waals surface area contributed by atoms with Gasteiger partial charge < -0.3 is 5.73 Å². The van der Waals surface area contributed by atoms with Crippen LogP contribution >= 0.6 is 11.6 Å². The first-order valence-corrected chi connectivity index (χ1v) is 5.66. The molecule has 2 rings (SSSR count). The number of anilines is 1. The number of benzene rings is 2. The van der Waals surface area contributed by atoms with E-state index in [1.807, 2.05) is 12.1 Å². The zero-order valence-electron chi connectivity index (χ0n) is 9.19. The highest BCUT2D eigenvalue weighted by Gasteiger charge is 2.06. The van der Waals surface area contributed by atoms with Crippen LogP contribution in [0.25, 0.3) is 0 Å². The molecular formula is C14H12ClNO. The van der Waals surface area contributed by atoms with Gasteiger partial charge >= 0.3 is 0 Å². The van der Waals surface area contributed by atoms with Gasteiger partial charge in [0.2, 0.25) is 0 Å². The summed E-state index contributed by atoms with van der Waals surface area (Å²) in [6.07, 6.45) is 0.352. The molecule has 0 atom stereocenters. The zero-order valence-corrected chi connectivity index (χ0v) is 9.95. The summed E-state index contributed by atoms with van der Waals surface area (Å²) >= 11 is 5.87. The van der Waals surface area contributed by atoms with E-state index in [0.717, 1.165) is 5.56 Å². The average molecular weight is 246 g/mol. The van der Waals surface area contributed by atoms with Gasteiger partial charge in [-0.05, 0) is 42.0 Å². The van der Waals surface area contributed by atoms with E-state index in [1.54, 1.807) is 36.4 Å². The number of nitrogen functional groups attached to an aromatic ring is 1. The Hall–Kier alpha value is -1.80. The van der Waals surface area contributed by atoms with Crippen molar-refractivity contribution in [1.82, 2.24) is 0 Å². The molecule has 3 heteroatoms. The molecule has 0 fully saturated rings. The van der Waals surface area contributed by atoms with Gasteiger partial charge in [0.1, 0.15) is 0 Å². The molecule has 2 aromatic rings. The molecule has 2 nitrogen and oxygen atoms in total. The number of hydrogen-bond donors (Lipinski definition) is 1. The van der Waals surface area contributed by atoms with Crippen molar-refractivity contribution in [2.75, 3.05) is 5.73 Å². The number of rotatable bonds is 3. The Labute approximate surface area is 105 Å². The number of carbonyl (C=O) groups excluding carboxylic acids is 1. The third kappa shape index (κ3) is 3.08. The molecule has 2 aromatic carbocycles. The number of carbonyl (C=O) groups is 1. The third-order valence-corrected chi connectivity index (χ3v) is 2.72. The van der Waals surface area contributed by atoms with Crippen LogP contribution in [0.4, 0.5) is 5.69 Å². The van der Waals surface area contributed by atoms with Crippen molar-refractivity contribution in [3.63, 3.8) is 0 Å². The predicted molar refractivity (Wildman–Crippen MR) is 70.3 cm³/mol. The lowest BCUT2D eigenvalue weighted by Crippen LogP contribution is -2.03. The smallest absolute Gasteiger partial charge is 0.167 e. The van der Waals surface area contributed by atoms with Gasteiger partial charge in [-0.3, -0.25) is 4.79 Å². The van der Waals surface area contributed by atoms with Gasteiger partial charge in [0.15, 0.2) is 5.78 Å². The van der Waals surface area contributed by atoms with Crippen molar-refractivity contribution < 1.29 is 4.79 Å². The van der Waals surface area contributed by atoms with E-state index in [9.17, 15) is 4.79 Å². The Kier molecular flexibility index (Phi) is 3.45. The second kappa shape index (κ2) is 5.02. The largest absolute Gasteiger partial charge is 0.399 e. The summed E-state index contributed by atoms with van der Waals surface area (Å²) in [5, 5.41) is 0.646. The summed E-state index contributed by atoms with van der Waals surface area (Å²) in [4.78, 5) is 12.0. The normalized spacial score (nSPS) is 10.2. The SMILES string of the molecule is Nc1ccc(C(=O)Cc2cccc(Cl)c2)cc1. The van der Waals surface area contributed by atoms with Crippen molar-refractivity contribution in [2.45, 2.75) is 6.42 Å². The van der Waals surface area contributed by atoms with Crippen LogP contribution in [0.15, 0.2) is 48.5 Å².